The zero-order chi connectivity index (χ0) is 21.0. The minimum Gasteiger partial charge on any atom is -0.338 e. The minimum atomic E-state index is -0.122. The van der Waals surface area contributed by atoms with Gasteiger partial charge < -0.3 is 5.32 Å². The van der Waals surface area contributed by atoms with Gasteiger partial charge in [-0.05, 0) is 48.6 Å². The van der Waals surface area contributed by atoms with Crippen LogP contribution in [0, 0.1) is 12.3 Å². The number of hydrogen-bond donors (Lipinski definition) is 1. The van der Waals surface area contributed by atoms with Gasteiger partial charge in [-0.3, -0.25) is 4.79 Å². The molecule has 0 spiro atoms. The fraction of sp³-hybridized carbons (Fsp3) is 0.261. The summed E-state index contributed by atoms with van der Waals surface area (Å²) in [5.41, 5.74) is 4.19. The zero-order valence-corrected chi connectivity index (χ0v) is 18.6. The number of rotatable bonds is 3. The lowest BCUT2D eigenvalue weighted by Crippen LogP contribution is -2.28. The molecule has 5 rings (SSSR count). The van der Waals surface area contributed by atoms with Crippen molar-refractivity contribution in [2.45, 2.75) is 33.6 Å². The Balaban J connectivity index is 1.66. The third-order valence-electron chi connectivity index (χ3n) is 5.44. The normalized spacial score (nSPS) is 15.4. The van der Waals surface area contributed by atoms with Gasteiger partial charge in [-0.25, -0.2) is 9.67 Å². The molecule has 1 aliphatic rings. The van der Waals surface area contributed by atoms with Crippen molar-refractivity contribution in [3.63, 3.8) is 0 Å². The summed E-state index contributed by atoms with van der Waals surface area (Å²) < 4.78 is 2.94. The van der Waals surface area contributed by atoms with Crippen LogP contribution in [-0.4, -0.2) is 20.5 Å². The number of para-hydroxylation sites is 1. The second-order valence-corrected chi connectivity index (χ2v) is 9.99. The highest BCUT2D eigenvalue weighted by Crippen LogP contribution is 2.40. The molecule has 5 nitrogen and oxygen atoms in total. The molecule has 1 aliphatic carbocycles. The molecule has 2 heterocycles. The van der Waals surface area contributed by atoms with Crippen LogP contribution in [0.1, 0.15) is 41.9 Å². The molecule has 152 valence electrons. The molecule has 0 amide bonds. The summed E-state index contributed by atoms with van der Waals surface area (Å²) in [5.74, 6) is 0.666. The van der Waals surface area contributed by atoms with E-state index in [1.165, 1.54) is 0 Å². The molecular weight excluding hydrogens is 416 g/mol. The number of Topliss-reactive ketones (excluding diaryl/α,β-unsaturated/α-hetero) is 1. The Hall–Kier alpha value is -2.70. The minimum absolute atomic E-state index is 0.106. The number of ketones is 1. The molecule has 0 atom stereocenters. The first-order valence-corrected chi connectivity index (χ1v) is 11.0. The highest BCUT2D eigenvalue weighted by molar-refractivity contribution is 7.20. The molecule has 2 aromatic carbocycles. The third kappa shape index (κ3) is 3.30. The van der Waals surface area contributed by atoms with Crippen molar-refractivity contribution in [2.75, 3.05) is 5.32 Å². The first-order valence-electron chi connectivity index (χ1n) is 9.85. The Bertz CT molecular complexity index is 1270. The van der Waals surface area contributed by atoms with Crippen LogP contribution < -0.4 is 5.32 Å². The van der Waals surface area contributed by atoms with Crippen molar-refractivity contribution >= 4 is 50.4 Å². The van der Waals surface area contributed by atoms with Gasteiger partial charge in [0.25, 0.3) is 0 Å². The van der Waals surface area contributed by atoms with Crippen LogP contribution in [0.25, 0.3) is 15.3 Å². The van der Waals surface area contributed by atoms with Gasteiger partial charge in [0.2, 0.25) is 5.13 Å². The second kappa shape index (κ2) is 6.93. The summed E-state index contributed by atoms with van der Waals surface area (Å²) >= 11 is 7.87. The molecule has 30 heavy (non-hydrogen) atoms. The van der Waals surface area contributed by atoms with Gasteiger partial charge in [-0.15, -0.1) is 5.10 Å². The molecule has 0 fully saturated rings. The van der Waals surface area contributed by atoms with Gasteiger partial charge in [0, 0.05) is 17.1 Å². The summed E-state index contributed by atoms with van der Waals surface area (Å²) in [6.07, 6.45) is 1.25. The number of aryl methyl sites for hydroxylation is 1. The van der Waals surface area contributed by atoms with E-state index in [9.17, 15) is 4.79 Å². The molecule has 2 aromatic heterocycles. The standard InChI is InChI=1S/C23H21ClN4OS/c1-13-8-9-14(10-15(13)24)25-21-20-17(11-23(2,3)12-18(20)29)28(27-21)22-26-16-6-4-5-7-19(16)30-22/h4-10H,11-12H2,1-3H3,(H,25,27). The number of nitrogens with one attached hydrogen (secondary N) is 1. The van der Waals surface area contributed by atoms with Gasteiger partial charge in [0.15, 0.2) is 11.6 Å². The number of carbonyl (C=O) groups excluding carboxylic acids is 1. The van der Waals surface area contributed by atoms with E-state index in [0.29, 0.717) is 22.8 Å². The number of fused-ring (bicyclic) bond motifs is 2. The summed E-state index contributed by atoms with van der Waals surface area (Å²) in [6, 6.07) is 13.8. The Labute approximate surface area is 183 Å². The molecule has 4 aromatic rings. The monoisotopic (exact) mass is 436 g/mol. The number of nitrogens with zero attached hydrogens (tertiary/aromatic N) is 3. The average Bonchev–Trinajstić information content (AvgIpc) is 3.25. The first-order chi connectivity index (χ1) is 14.3. The summed E-state index contributed by atoms with van der Waals surface area (Å²) in [6.45, 7) is 6.20. The molecule has 7 heteroatoms. The third-order valence-corrected chi connectivity index (χ3v) is 6.86. The Morgan fingerprint density at radius 1 is 1.17 bits per heavy atom. The van der Waals surface area contributed by atoms with Crippen LogP contribution in [0.3, 0.4) is 0 Å². The second-order valence-electron chi connectivity index (χ2n) is 8.58. The molecule has 1 N–H and O–H groups in total. The van der Waals surface area contributed by atoms with E-state index in [1.54, 1.807) is 11.3 Å². The number of aromatic nitrogens is 3. The maximum Gasteiger partial charge on any atom is 0.211 e. The number of hydrogen-bond acceptors (Lipinski definition) is 5. The number of thiazole rings is 1. The van der Waals surface area contributed by atoms with Gasteiger partial charge >= 0.3 is 0 Å². The van der Waals surface area contributed by atoms with Gasteiger partial charge in [0.05, 0.1) is 21.5 Å². The van der Waals surface area contributed by atoms with Crippen molar-refractivity contribution in [1.82, 2.24) is 14.8 Å². The largest absolute Gasteiger partial charge is 0.338 e. The van der Waals surface area contributed by atoms with Crippen LogP contribution in [0.4, 0.5) is 11.5 Å². The fourth-order valence-corrected chi connectivity index (χ4v) is 5.08. The molecule has 0 saturated heterocycles. The van der Waals surface area contributed by atoms with Crippen molar-refractivity contribution in [3.8, 4) is 5.13 Å². The van der Waals surface area contributed by atoms with Crippen LogP contribution in [0.15, 0.2) is 42.5 Å². The predicted molar refractivity (Wildman–Crippen MR) is 123 cm³/mol. The lowest BCUT2D eigenvalue weighted by molar-refractivity contribution is 0.0912. The fourth-order valence-electron chi connectivity index (χ4n) is 3.95. The van der Waals surface area contributed by atoms with Crippen LogP contribution in [-0.2, 0) is 6.42 Å². The lowest BCUT2D eigenvalue weighted by atomic mass is 9.76. The quantitative estimate of drug-likeness (QED) is 0.407. The van der Waals surface area contributed by atoms with Crippen molar-refractivity contribution < 1.29 is 4.79 Å². The number of benzene rings is 2. The van der Waals surface area contributed by atoms with Crippen LogP contribution in [0.2, 0.25) is 5.02 Å². The Kier molecular flexibility index (Phi) is 4.45. The molecule has 0 unspecified atom stereocenters. The van der Waals surface area contributed by atoms with Crippen molar-refractivity contribution in [1.29, 1.82) is 0 Å². The summed E-state index contributed by atoms with van der Waals surface area (Å²) in [4.78, 5) is 17.9. The van der Waals surface area contributed by atoms with Crippen molar-refractivity contribution in [3.05, 3.63) is 64.3 Å². The van der Waals surface area contributed by atoms with E-state index in [1.807, 2.05) is 48.0 Å². The number of carbonyl (C=O) groups is 1. The van der Waals surface area contributed by atoms with Crippen LogP contribution in [0.5, 0.6) is 0 Å². The molecule has 0 bridgehead atoms. The van der Waals surface area contributed by atoms with E-state index in [2.05, 4.69) is 25.2 Å². The maximum atomic E-state index is 13.1. The lowest BCUT2D eigenvalue weighted by Gasteiger charge is -2.28. The van der Waals surface area contributed by atoms with E-state index in [0.717, 1.165) is 38.7 Å². The number of anilines is 2. The SMILES string of the molecule is Cc1ccc(Nc2nn(-c3nc4ccccc4s3)c3c2C(=O)CC(C)(C)C3)cc1Cl. The topological polar surface area (TPSA) is 59.8 Å². The molecular formula is C23H21ClN4OS. The summed E-state index contributed by atoms with van der Waals surface area (Å²) in [5, 5.41) is 9.58. The van der Waals surface area contributed by atoms with Crippen LogP contribution >= 0.6 is 22.9 Å². The molecule has 0 radical (unpaired) electrons. The maximum absolute atomic E-state index is 13.1. The predicted octanol–water partition coefficient (Wildman–Crippen LogP) is 6.34. The van der Waals surface area contributed by atoms with E-state index in [4.69, 9.17) is 21.7 Å². The smallest absolute Gasteiger partial charge is 0.211 e. The Morgan fingerprint density at radius 3 is 2.73 bits per heavy atom. The summed E-state index contributed by atoms with van der Waals surface area (Å²) in [7, 11) is 0. The molecule has 0 aliphatic heterocycles. The first kappa shape index (κ1) is 19.3. The van der Waals surface area contributed by atoms with Gasteiger partial charge in [-0.2, -0.15) is 0 Å². The number of halogens is 1. The van der Waals surface area contributed by atoms with Crippen molar-refractivity contribution in [2.24, 2.45) is 5.41 Å². The van der Waals surface area contributed by atoms with Gasteiger partial charge in [0.1, 0.15) is 0 Å². The zero-order valence-electron chi connectivity index (χ0n) is 17.0. The van der Waals surface area contributed by atoms with E-state index >= 15 is 0 Å². The average molecular weight is 437 g/mol. The Morgan fingerprint density at radius 2 is 1.97 bits per heavy atom. The molecule has 0 saturated carbocycles. The van der Waals surface area contributed by atoms with E-state index in [-0.39, 0.29) is 11.2 Å². The highest BCUT2D eigenvalue weighted by Gasteiger charge is 2.37. The van der Waals surface area contributed by atoms with Gasteiger partial charge in [-0.1, -0.05) is 55.0 Å². The highest BCUT2D eigenvalue weighted by atomic mass is 35.5. The van der Waals surface area contributed by atoms with E-state index < -0.39 is 0 Å².